The Kier molecular flexibility index (Phi) is 5.53. The highest BCUT2D eigenvalue weighted by Gasteiger charge is 2.45. The Labute approximate surface area is 189 Å². The Bertz CT molecular complexity index is 1180. The van der Waals surface area contributed by atoms with Crippen molar-refractivity contribution in [3.8, 4) is 17.1 Å². The maximum Gasteiger partial charge on any atom is 0.324 e. The van der Waals surface area contributed by atoms with Gasteiger partial charge < -0.3 is 14.6 Å². The zero-order valence-corrected chi connectivity index (χ0v) is 18.0. The summed E-state index contributed by atoms with van der Waals surface area (Å²) >= 11 is 0. The highest BCUT2D eigenvalue weighted by atomic mass is 19.1. The average molecular weight is 450 g/mol. The van der Waals surface area contributed by atoms with Crippen molar-refractivity contribution < 1.29 is 23.2 Å². The maximum absolute atomic E-state index is 13.2. The zero-order valence-electron chi connectivity index (χ0n) is 18.0. The van der Waals surface area contributed by atoms with Gasteiger partial charge in [-0.25, -0.2) is 9.18 Å². The van der Waals surface area contributed by atoms with Crippen LogP contribution in [0.3, 0.4) is 0 Å². The Morgan fingerprint density at radius 1 is 1.18 bits per heavy atom. The van der Waals surface area contributed by atoms with Crippen molar-refractivity contribution in [2.24, 2.45) is 5.92 Å². The van der Waals surface area contributed by atoms with Gasteiger partial charge in [0.05, 0.1) is 19.6 Å². The van der Waals surface area contributed by atoms with Gasteiger partial charge in [-0.3, -0.25) is 9.69 Å². The lowest BCUT2D eigenvalue weighted by Gasteiger charge is -2.41. The fourth-order valence-electron chi connectivity index (χ4n) is 4.61. The van der Waals surface area contributed by atoms with E-state index in [9.17, 15) is 14.0 Å². The summed E-state index contributed by atoms with van der Waals surface area (Å²) < 4.78 is 23.9. The first-order valence-electron chi connectivity index (χ1n) is 10.9. The lowest BCUT2D eigenvalue weighted by molar-refractivity contribution is -0.137. The van der Waals surface area contributed by atoms with Gasteiger partial charge in [-0.05, 0) is 61.2 Å². The molecule has 0 spiro atoms. The molecule has 0 bridgehead atoms. The lowest BCUT2D eigenvalue weighted by atomic mass is 9.76. The normalized spacial score (nSPS) is 22.6. The molecule has 2 aliphatic rings. The topological polar surface area (TPSA) is 97.6 Å². The number of halogens is 1. The van der Waals surface area contributed by atoms with E-state index in [1.807, 2.05) is 24.3 Å². The van der Waals surface area contributed by atoms with Crippen molar-refractivity contribution in [1.82, 2.24) is 20.4 Å². The molecular weight excluding hydrogens is 427 g/mol. The van der Waals surface area contributed by atoms with E-state index in [0.717, 1.165) is 5.56 Å². The number of aromatic nitrogens is 2. The Morgan fingerprint density at radius 3 is 2.79 bits per heavy atom. The van der Waals surface area contributed by atoms with E-state index >= 15 is 0 Å². The Balaban J connectivity index is 1.27. The Hall–Kier alpha value is -3.75. The predicted octanol–water partition coefficient (Wildman–Crippen LogP) is 3.89. The van der Waals surface area contributed by atoms with E-state index in [4.69, 9.17) is 9.26 Å². The van der Waals surface area contributed by atoms with Crippen molar-refractivity contribution in [3.63, 3.8) is 0 Å². The van der Waals surface area contributed by atoms with Crippen LogP contribution in [0.1, 0.15) is 36.6 Å². The molecule has 1 saturated carbocycles. The molecule has 1 aromatic heterocycles. The number of fused-ring (bicyclic) bond motifs is 1. The number of ether oxygens (including phenoxy) is 1. The fraction of sp³-hybridized carbons (Fsp3) is 0.333. The van der Waals surface area contributed by atoms with Crippen molar-refractivity contribution in [2.75, 3.05) is 7.11 Å². The van der Waals surface area contributed by atoms with Crippen LogP contribution in [0.5, 0.6) is 5.75 Å². The van der Waals surface area contributed by atoms with Gasteiger partial charge in [0.2, 0.25) is 17.6 Å². The number of rotatable bonds is 5. The minimum Gasteiger partial charge on any atom is -0.497 e. The second-order valence-electron chi connectivity index (χ2n) is 8.41. The Morgan fingerprint density at radius 2 is 2.00 bits per heavy atom. The standard InChI is InChI=1S/C24H23FN4O4/c1-32-18-4-2-3-14(11-18)13-29-23(30)19-10-7-16(12-20(19)26-24(29)31)22-27-21(28-33-22)15-5-8-17(25)9-6-15/h2-6,8-9,11,16,19-20H,7,10,12-13H2,1H3,(H,26,31). The van der Waals surface area contributed by atoms with E-state index in [0.29, 0.717) is 42.3 Å². The van der Waals surface area contributed by atoms with Gasteiger partial charge in [-0.1, -0.05) is 17.3 Å². The second kappa shape index (κ2) is 8.65. The van der Waals surface area contributed by atoms with Crippen LogP contribution in [0.2, 0.25) is 0 Å². The highest BCUT2D eigenvalue weighted by molar-refractivity contribution is 5.98. The largest absolute Gasteiger partial charge is 0.497 e. The molecule has 3 atom stereocenters. The molecule has 1 aliphatic heterocycles. The summed E-state index contributed by atoms with van der Waals surface area (Å²) in [5.74, 6) is 0.681. The van der Waals surface area contributed by atoms with E-state index in [1.165, 1.54) is 17.0 Å². The van der Waals surface area contributed by atoms with Crippen molar-refractivity contribution in [1.29, 1.82) is 0 Å². The lowest BCUT2D eigenvalue weighted by Crippen LogP contribution is -2.60. The summed E-state index contributed by atoms with van der Waals surface area (Å²) in [4.78, 5) is 31.6. The number of imide groups is 1. The second-order valence-corrected chi connectivity index (χ2v) is 8.41. The van der Waals surface area contributed by atoms with Crippen LogP contribution >= 0.6 is 0 Å². The van der Waals surface area contributed by atoms with Gasteiger partial charge in [0, 0.05) is 17.5 Å². The fourth-order valence-corrected chi connectivity index (χ4v) is 4.61. The average Bonchev–Trinajstić information content (AvgIpc) is 3.32. The van der Waals surface area contributed by atoms with Crippen LogP contribution in [-0.2, 0) is 11.3 Å². The van der Waals surface area contributed by atoms with Gasteiger partial charge in [-0.15, -0.1) is 0 Å². The number of nitrogens with zero attached hydrogens (tertiary/aromatic N) is 3. The van der Waals surface area contributed by atoms with E-state index < -0.39 is 6.03 Å². The van der Waals surface area contributed by atoms with Crippen molar-refractivity contribution in [3.05, 3.63) is 65.8 Å². The maximum atomic E-state index is 13.2. The molecule has 1 N–H and O–H groups in total. The first-order valence-corrected chi connectivity index (χ1v) is 10.9. The van der Waals surface area contributed by atoms with Gasteiger partial charge in [0.1, 0.15) is 11.6 Å². The number of urea groups is 1. The molecule has 5 rings (SSSR count). The SMILES string of the molecule is COc1cccc(CN2C(=O)NC3CC(c4nc(-c5ccc(F)cc5)no4)CCC3C2=O)c1. The molecule has 9 heteroatoms. The zero-order chi connectivity index (χ0) is 22.9. The van der Waals surface area contributed by atoms with E-state index in [2.05, 4.69) is 15.5 Å². The van der Waals surface area contributed by atoms with Gasteiger partial charge in [0.15, 0.2) is 0 Å². The predicted molar refractivity (Wildman–Crippen MR) is 116 cm³/mol. The summed E-state index contributed by atoms with van der Waals surface area (Å²) in [7, 11) is 1.58. The molecule has 2 fully saturated rings. The third kappa shape index (κ3) is 4.18. The molecule has 33 heavy (non-hydrogen) atoms. The van der Waals surface area contributed by atoms with Crippen LogP contribution in [0.4, 0.5) is 9.18 Å². The van der Waals surface area contributed by atoms with Gasteiger partial charge in [0.25, 0.3) is 0 Å². The number of hydrogen-bond acceptors (Lipinski definition) is 6. The smallest absolute Gasteiger partial charge is 0.324 e. The van der Waals surface area contributed by atoms with Crippen LogP contribution in [0.25, 0.3) is 11.4 Å². The number of amides is 3. The first-order chi connectivity index (χ1) is 16.0. The summed E-state index contributed by atoms with van der Waals surface area (Å²) in [5, 5.41) is 7.01. The minimum atomic E-state index is -0.401. The monoisotopic (exact) mass is 450 g/mol. The van der Waals surface area contributed by atoms with Gasteiger partial charge in [-0.2, -0.15) is 4.98 Å². The van der Waals surface area contributed by atoms with Gasteiger partial charge >= 0.3 is 6.03 Å². The summed E-state index contributed by atoms with van der Waals surface area (Å²) in [6.07, 6.45) is 1.85. The molecule has 8 nitrogen and oxygen atoms in total. The third-order valence-corrected chi connectivity index (χ3v) is 6.36. The minimum absolute atomic E-state index is 0.0639. The molecule has 170 valence electrons. The summed E-state index contributed by atoms with van der Waals surface area (Å²) in [6, 6.07) is 12.5. The number of carbonyl (C=O) groups is 2. The van der Waals surface area contributed by atoms with E-state index in [-0.39, 0.29) is 36.1 Å². The molecule has 2 aromatic carbocycles. The number of nitrogens with one attached hydrogen (secondary N) is 1. The molecule has 3 aromatic rings. The molecule has 3 amide bonds. The molecule has 1 saturated heterocycles. The van der Waals surface area contributed by atoms with Crippen LogP contribution < -0.4 is 10.1 Å². The molecule has 0 radical (unpaired) electrons. The number of hydrogen-bond donors (Lipinski definition) is 1. The number of carbonyl (C=O) groups excluding carboxylic acids is 2. The molecule has 2 heterocycles. The third-order valence-electron chi connectivity index (χ3n) is 6.36. The molecule has 3 unspecified atom stereocenters. The molecular formula is C24H23FN4O4. The molecule has 1 aliphatic carbocycles. The number of methoxy groups -OCH3 is 1. The highest BCUT2D eigenvalue weighted by Crippen LogP contribution is 2.38. The summed E-state index contributed by atoms with van der Waals surface area (Å²) in [6.45, 7) is 0.194. The number of benzene rings is 2. The quantitative estimate of drug-likeness (QED) is 0.633. The van der Waals surface area contributed by atoms with E-state index in [1.54, 1.807) is 19.2 Å². The summed E-state index contributed by atoms with van der Waals surface area (Å²) in [5.41, 5.74) is 1.48. The van der Waals surface area contributed by atoms with Crippen LogP contribution in [0.15, 0.2) is 53.1 Å². The van der Waals surface area contributed by atoms with Crippen molar-refractivity contribution in [2.45, 2.75) is 37.8 Å². The van der Waals surface area contributed by atoms with Crippen molar-refractivity contribution >= 4 is 11.9 Å². The first kappa shape index (κ1) is 21.1. The van der Waals surface area contributed by atoms with Crippen LogP contribution in [0, 0.1) is 11.7 Å². The van der Waals surface area contributed by atoms with Crippen LogP contribution in [-0.4, -0.2) is 40.1 Å².